The van der Waals surface area contributed by atoms with Gasteiger partial charge in [-0.15, -0.1) is 0 Å². The summed E-state index contributed by atoms with van der Waals surface area (Å²) in [6.45, 7) is 2.60. The van der Waals surface area contributed by atoms with Gasteiger partial charge in [0.15, 0.2) is 17.7 Å². The highest BCUT2D eigenvalue weighted by Crippen LogP contribution is 2.28. The Morgan fingerprint density at radius 3 is 2.56 bits per heavy atom. The van der Waals surface area contributed by atoms with Crippen LogP contribution in [0.3, 0.4) is 0 Å². The van der Waals surface area contributed by atoms with Gasteiger partial charge in [-0.05, 0) is 43.2 Å². The lowest BCUT2D eigenvalue weighted by atomic mass is 10.0. The van der Waals surface area contributed by atoms with Gasteiger partial charge < -0.3 is 24.2 Å². The van der Waals surface area contributed by atoms with E-state index in [9.17, 15) is 10.4 Å². The van der Waals surface area contributed by atoms with Gasteiger partial charge in [-0.2, -0.15) is 10.2 Å². The highest BCUT2D eigenvalue weighted by Gasteiger charge is 2.23. The minimum absolute atomic E-state index is 0.0719. The standard InChI is InChI=1S/C24H30N4O4/c25-17-20-23(28-11-8-18-5-1-2-6-19(18)9-12-28)26-21(27-24(20)32-16-13-29)10-15-31-22-7-3-4-14-30-22/h1-2,5-6,22,29H,3-4,7-16H2. The Morgan fingerprint density at radius 2 is 1.91 bits per heavy atom. The third-order valence-corrected chi connectivity index (χ3v) is 5.83. The second kappa shape index (κ2) is 11.2. The molecular weight excluding hydrogens is 408 g/mol. The van der Waals surface area contributed by atoms with Crippen molar-refractivity contribution in [2.75, 3.05) is 44.4 Å². The van der Waals surface area contributed by atoms with Gasteiger partial charge in [-0.25, -0.2) is 4.98 Å². The summed E-state index contributed by atoms with van der Waals surface area (Å²) in [5, 5.41) is 19.1. The van der Waals surface area contributed by atoms with E-state index in [1.165, 1.54) is 11.1 Å². The molecule has 8 heteroatoms. The number of ether oxygens (including phenoxy) is 3. The van der Waals surface area contributed by atoms with Crippen LogP contribution in [-0.2, 0) is 28.7 Å². The van der Waals surface area contributed by atoms with Crippen molar-refractivity contribution in [2.24, 2.45) is 0 Å². The lowest BCUT2D eigenvalue weighted by Crippen LogP contribution is -2.29. The number of anilines is 1. The molecule has 0 radical (unpaired) electrons. The van der Waals surface area contributed by atoms with Crippen LogP contribution in [0.1, 0.15) is 41.8 Å². The zero-order valence-corrected chi connectivity index (χ0v) is 18.3. The van der Waals surface area contributed by atoms with Crippen LogP contribution in [0.4, 0.5) is 5.82 Å². The average molecular weight is 439 g/mol. The van der Waals surface area contributed by atoms with E-state index in [1.54, 1.807) is 0 Å². The van der Waals surface area contributed by atoms with Gasteiger partial charge in [-0.3, -0.25) is 0 Å². The third-order valence-electron chi connectivity index (χ3n) is 5.83. The van der Waals surface area contributed by atoms with E-state index in [-0.39, 0.29) is 25.4 Å². The van der Waals surface area contributed by atoms with E-state index in [0.29, 0.717) is 30.2 Å². The minimum Gasteiger partial charge on any atom is -0.474 e. The fourth-order valence-corrected chi connectivity index (χ4v) is 4.16. The summed E-state index contributed by atoms with van der Waals surface area (Å²) in [4.78, 5) is 11.4. The summed E-state index contributed by atoms with van der Waals surface area (Å²) >= 11 is 0. The first-order valence-electron chi connectivity index (χ1n) is 11.4. The maximum absolute atomic E-state index is 9.87. The lowest BCUT2D eigenvalue weighted by Gasteiger charge is -2.24. The summed E-state index contributed by atoms with van der Waals surface area (Å²) in [5.74, 6) is 1.37. The van der Waals surface area contributed by atoms with Crippen LogP contribution < -0.4 is 9.64 Å². The minimum atomic E-state index is -0.171. The molecule has 1 saturated heterocycles. The average Bonchev–Trinajstić information content (AvgIpc) is 3.06. The van der Waals surface area contributed by atoms with E-state index in [2.05, 4.69) is 40.2 Å². The summed E-state index contributed by atoms with van der Waals surface area (Å²) < 4.78 is 17.1. The highest BCUT2D eigenvalue weighted by molar-refractivity contribution is 5.59. The Labute approximate surface area is 188 Å². The largest absolute Gasteiger partial charge is 0.474 e. The molecule has 1 unspecified atom stereocenters. The topological polar surface area (TPSA) is 101 Å². The second-order valence-corrected chi connectivity index (χ2v) is 8.00. The Morgan fingerprint density at radius 1 is 1.12 bits per heavy atom. The molecule has 170 valence electrons. The van der Waals surface area contributed by atoms with Gasteiger partial charge in [0.25, 0.3) is 0 Å². The predicted octanol–water partition coefficient (Wildman–Crippen LogP) is 2.41. The molecule has 32 heavy (non-hydrogen) atoms. The fraction of sp³-hybridized carbons (Fsp3) is 0.542. The van der Waals surface area contributed by atoms with E-state index in [0.717, 1.165) is 51.8 Å². The summed E-state index contributed by atoms with van der Waals surface area (Å²) in [6.07, 6.45) is 5.17. The molecule has 3 heterocycles. The van der Waals surface area contributed by atoms with Crippen LogP contribution in [0, 0.1) is 11.3 Å². The second-order valence-electron chi connectivity index (χ2n) is 8.00. The molecule has 0 spiro atoms. The van der Waals surface area contributed by atoms with Gasteiger partial charge in [0.1, 0.15) is 18.5 Å². The van der Waals surface area contributed by atoms with Crippen molar-refractivity contribution in [2.45, 2.75) is 44.8 Å². The Hall–Kier alpha value is -2.73. The summed E-state index contributed by atoms with van der Waals surface area (Å²) in [6, 6.07) is 10.7. The van der Waals surface area contributed by atoms with Crippen molar-refractivity contribution >= 4 is 5.82 Å². The Kier molecular flexibility index (Phi) is 7.88. The van der Waals surface area contributed by atoms with Crippen LogP contribution in [-0.4, -0.2) is 60.9 Å². The molecule has 0 saturated carbocycles. The normalized spacial score (nSPS) is 18.5. The number of fused-ring (bicyclic) bond motifs is 1. The molecule has 1 atom stereocenters. The van der Waals surface area contributed by atoms with Crippen LogP contribution in [0.15, 0.2) is 24.3 Å². The summed E-state index contributed by atoms with van der Waals surface area (Å²) in [7, 11) is 0. The first kappa shape index (κ1) is 22.5. The molecule has 2 aromatic rings. The van der Waals surface area contributed by atoms with E-state index >= 15 is 0 Å². The Bertz CT molecular complexity index is 913. The van der Waals surface area contributed by atoms with Crippen molar-refractivity contribution in [3.8, 4) is 11.9 Å². The predicted molar refractivity (Wildman–Crippen MR) is 119 cm³/mol. The fourth-order valence-electron chi connectivity index (χ4n) is 4.16. The van der Waals surface area contributed by atoms with E-state index < -0.39 is 0 Å². The number of hydrogen-bond acceptors (Lipinski definition) is 8. The quantitative estimate of drug-likeness (QED) is 0.671. The third kappa shape index (κ3) is 5.54. The highest BCUT2D eigenvalue weighted by atomic mass is 16.7. The zero-order valence-electron chi connectivity index (χ0n) is 18.3. The molecule has 4 rings (SSSR count). The Balaban J connectivity index is 1.54. The van der Waals surface area contributed by atoms with Crippen molar-refractivity contribution in [3.63, 3.8) is 0 Å². The van der Waals surface area contributed by atoms with Crippen LogP contribution >= 0.6 is 0 Å². The number of aliphatic hydroxyl groups is 1. The van der Waals surface area contributed by atoms with Gasteiger partial charge in [0.05, 0.1) is 13.2 Å². The number of nitrogens with zero attached hydrogens (tertiary/aromatic N) is 4. The van der Waals surface area contributed by atoms with Gasteiger partial charge in [-0.1, -0.05) is 24.3 Å². The van der Waals surface area contributed by atoms with Gasteiger partial charge >= 0.3 is 0 Å². The smallest absolute Gasteiger partial charge is 0.237 e. The molecule has 0 amide bonds. The number of aliphatic hydroxyl groups excluding tert-OH is 1. The molecule has 1 aromatic heterocycles. The van der Waals surface area contributed by atoms with E-state index in [4.69, 9.17) is 19.2 Å². The van der Waals surface area contributed by atoms with Crippen molar-refractivity contribution in [1.82, 2.24) is 9.97 Å². The van der Waals surface area contributed by atoms with Gasteiger partial charge in [0.2, 0.25) is 5.88 Å². The first-order valence-corrected chi connectivity index (χ1v) is 11.4. The molecule has 2 aliphatic rings. The lowest BCUT2D eigenvalue weighted by molar-refractivity contribution is -0.161. The first-order chi connectivity index (χ1) is 15.8. The van der Waals surface area contributed by atoms with Crippen molar-refractivity contribution in [3.05, 3.63) is 46.8 Å². The number of aromatic nitrogens is 2. The molecule has 0 aliphatic carbocycles. The van der Waals surface area contributed by atoms with Crippen LogP contribution in [0.25, 0.3) is 0 Å². The molecule has 1 N–H and O–H groups in total. The van der Waals surface area contributed by atoms with Crippen LogP contribution in [0.2, 0.25) is 0 Å². The van der Waals surface area contributed by atoms with E-state index in [1.807, 2.05) is 0 Å². The number of rotatable bonds is 8. The molecule has 8 nitrogen and oxygen atoms in total. The molecular formula is C24H30N4O4. The molecule has 1 fully saturated rings. The molecule has 0 bridgehead atoms. The van der Waals surface area contributed by atoms with Crippen molar-refractivity contribution in [1.29, 1.82) is 5.26 Å². The molecule has 1 aromatic carbocycles. The summed E-state index contributed by atoms with van der Waals surface area (Å²) in [5.41, 5.74) is 2.98. The SMILES string of the molecule is N#Cc1c(OCCO)nc(CCOC2CCCCO2)nc1N1CCc2ccccc2CC1. The number of nitriles is 1. The monoisotopic (exact) mass is 438 g/mol. The van der Waals surface area contributed by atoms with Gasteiger partial charge in [0, 0.05) is 26.1 Å². The van der Waals surface area contributed by atoms with Crippen molar-refractivity contribution < 1.29 is 19.3 Å². The number of hydrogen-bond donors (Lipinski definition) is 1. The number of benzene rings is 1. The zero-order chi connectivity index (χ0) is 22.2. The maximum atomic E-state index is 9.87. The van der Waals surface area contributed by atoms with Crippen LogP contribution in [0.5, 0.6) is 5.88 Å². The molecule has 2 aliphatic heterocycles. The maximum Gasteiger partial charge on any atom is 0.237 e.